The van der Waals surface area contributed by atoms with Crippen molar-refractivity contribution >= 4 is 15.9 Å². The van der Waals surface area contributed by atoms with Gasteiger partial charge in [-0.05, 0) is 44.0 Å². The van der Waals surface area contributed by atoms with Gasteiger partial charge < -0.3 is 10.1 Å². The molecule has 0 bridgehead atoms. The van der Waals surface area contributed by atoms with Crippen LogP contribution in [-0.2, 0) is 14.8 Å². The summed E-state index contributed by atoms with van der Waals surface area (Å²) in [7, 11) is -3.66. The molecule has 7 heteroatoms. The van der Waals surface area contributed by atoms with E-state index in [1.54, 1.807) is 19.1 Å². The van der Waals surface area contributed by atoms with E-state index in [9.17, 15) is 13.2 Å². The first kappa shape index (κ1) is 15.8. The maximum Gasteiger partial charge on any atom is 0.243 e. The van der Waals surface area contributed by atoms with E-state index in [0.29, 0.717) is 31.9 Å². The van der Waals surface area contributed by atoms with Crippen LogP contribution in [0.2, 0.25) is 0 Å². The lowest BCUT2D eigenvalue weighted by Crippen LogP contribution is -2.37. The van der Waals surface area contributed by atoms with Gasteiger partial charge in [-0.1, -0.05) is 0 Å². The molecule has 116 valence electrons. The second kappa shape index (κ2) is 6.44. The lowest BCUT2D eigenvalue weighted by atomic mass is 10.2. The Kier molecular flexibility index (Phi) is 4.84. The van der Waals surface area contributed by atoms with Gasteiger partial charge in [-0.15, -0.1) is 0 Å². The maximum atomic E-state index is 12.6. The van der Waals surface area contributed by atoms with Gasteiger partial charge in [0.15, 0.2) is 0 Å². The van der Waals surface area contributed by atoms with Crippen molar-refractivity contribution in [3.05, 3.63) is 23.8 Å². The van der Waals surface area contributed by atoms with Gasteiger partial charge in [0.05, 0.1) is 18.0 Å². The summed E-state index contributed by atoms with van der Waals surface area (Å²) in [6.45, 7) is 4.92. The molecule has 2 rings (SSSR count). The molecular weight excluding hydrogens is 292 g/mol. The Morgan fingerprint density at radius 3 is 2.81 bits per heavy atom. The van der Waals surface area contributed by atoms with Crippen LogP contribution in [0.15, 0.2) is 23.1 Å². The highest BCUT2D eigenvalue weighted by atomic mass is 32.2. The van der Waals surface area contributed by atoms with Crippen LogP contribution in [0.25, 0.3) is 0 Å². The van der Waals surface area contributed by atoms with Crippen LogP contribution in [-0.4, -0.2) is 44.9 Å². The number of carbonyl (C=O) groups is 1. The monoisotopic (exact) mass is 312 g/mol. The summed E-state index contributed by atoms with van der Waals surface area (Å²) < 4.78 is 31.9. The quantitative estimate of drug-likeness (QED) is 0.896. The van der Waals surface area contributed by atoms with Crippen LogP contribution in [0.4, 0.5) is 0 Å². The highest BCUT2D eigenvalue weighted by Gasteiger charge is 2.28. The van der Waals surface area contributed by atoms with Crippen molar-refractivity contribution < 1.29 is 17.9 Å². The number of carbonyl (C=O) groups excluding carboxylic acids is 1. The minimum Gasteiger partial charge on any atom is -0.494 e. The molecule has 1 N–H and O–H groups in total. The van der Waals surface area contributed by atoms with Gasteiger partial charge in [-0.3, -0.25) is 4.79 Å². The first-order valence-corrected chi connectivity index (χ1v) is 8.39. The zero-order valence-electron chi connectivity index (χ0n) is 12.3. The van der Waals surface area contributed by atoms with Crippen LogP contribution in [0, 0.1) is 6.92 Å². The molecule has 1 amide bonds. The SMILES string of the molecule is CCOc1ccc(S(=O)(=O)N2CCCNC(=O)C2)cc1C. The molecule has 1 aromatic carbocycles. The third-order valence-corrected chi connectivity index (χ3v) is 5.15. The van der Waals surface area contributed by atoms with Crippen molar-refractivity contribution in [2.24, 2.45) is 0 Å². The molecule has 1 aliphatic heterocycles. The Bertz CT molecular complexity index is 628. The Morgan fingerprint density at radius 2 is 2.14 bits per heavy atom. The normalized spacial score (nSPS) is 17.1. The molecule has 0 aromatic heterocycles. The van der Waals surface area contributed by atoms with E-state index < -0.39 is 10.0 Å². The molecule has 0 spiro atoms. The van der Waals surface area contributed by atoms with Gasteiger partial charge in [0.1, 0.15) is 5.75 Å². The van der Waals surface area contributed by atoms with E-state index in [4.69, 9.17) is 4.74 Å². The lowest BCUT2D eigenvalue weighted by Gasteiger charge is -2.19. The van der Waals surface area contributed by atoms with Crippen molar-refractivity contribution in [3.63, 3.8) is 0 Å². The predicted octanol–water partition coefficient (Wildman–Crippen LogP) is 0.904. The largest absolute Gasteiger partial charge is 0.494 e. The molecule has 21 heavy (non-hydrogen) atoms. The smallest absolute Gasteiger partial charge is 0.243 e. The van der Waals surface area contributed by atoms with Gasteiger partial charge in [0, 0.05) is 13.1 Å². The summed E-state index contributed by atoms with van der Waals surface area (Å²) in [5, 5.41) is 2.67. The van der Waals surface area contributed by atoms with Gasteiger partial charge >= 0.3 is 0 Å². The van der Waals surface area contributed by atoms with E-state index in [-0.39, 0.29) is 17.3 Å². The average Bonchev–Trinajstić information content (AvgIpc) is 2.66. The van der Waals surface area contributed by atoms with Crippen molar-refractivity contribution in [3.8, 4) is 5.75 Å². The van der Waals surface area contributed by atoms with E-state index >= 15 is 0 Å². The average molecular weight is 312 g/mol. The third kappa shape index (κ3) is 3.54. The molecule has 0 saturated carbocycles. The Balaban J connectivity index is 2.30. The molecule has 1 aromatic rings. The zero-order chi connectivity index (χ0) is 15.5. The summed E-state index contributed by atoms with van der Waals surface area (Å²) in [5.74, 6) is 0.406. The summed E-state index contributed by atoms with van der Waals surface area (Å²) in [6, 6.07) is 4.77. The van der Waals surface area contributed by atoms with E-state index in [2.05, 4.69) is 5.32 Å². The predicted molar refractivity (Wildman–Crippen MR) is 78.7 cm³/mol. The number of hydrogen-bond acceptors (Lipinski definition) is 4. The molecule has 0 aliphatic carbocycles. The number of benzene rings is 1. The van der Waals surface area contributed by atoms with E-state index in [1.165, 1.54) is 10.4 Å². The molecule has 1 saturated heterocycles. The number of rotatable bonds is 4. The van der Waals surface area contributed by atoms with Crippen molar-refractivity contribution in [2.45, 2.75) is 25.2 Å². The molecule has 1 heterocycles. The molecular formula is C14H20N2O4S. The third-order valence-electron chi connectivity index (χ3n) is 3.31. The molecule has 1 aliphatic rings. The Morgan fingerprint density at radius 1 is 1.38 bits per heavy atom. The summed E-state index contributed by atoms with van der Waals surface area (Å²) >= 11 is 0. The summed E-state index contributed by atoms with van der Waals surface area (Å²) in [6.07, 6.45) is 0.612. The first-order chi connectivity index (χ1) is 9.95. The number of aryl methyl sites for hydroxylation is 1. The van der Waals surface area contributed by atoms with Gasteiger partial charge in [0.25, 0.3) is 0 Å². The minimum absolute atomic E-state index is 0.130. The van der Waals surface area contributed by atoms with Crippen LogP contribution in [0.3, 0.4) is 0 Å². The van der Waals surface area contributed by atoms with Crippen LogP contribution in [0.5, 0.6) is 5.75 Å². The summed E-state index contributed by atoms with van der Waals surface area (Å²) in [5.41, 5.74) is 0.761. The summed E-state index contributed by atoms with van der Waals surface area (Å²) in [4.78, 5) is 11.7. The second-order valence-electron chi connectivity index (χ2n) is 4.90. The molecule has 0 radical (unpaired) electrons. The number of hydrogen-bond donors (Lipinski definition) is 1. The fourth-order valence-corrected chi connectivity index (χ4v) is 3.75. The lowest BCUT2D eigenvalue weighted by molar-refractivity contribution is -0.120. The maximum absolute atomic E-state index is 12.6. The van der Waals surface area contributed by atoms with Crippen molar-refractivity contribution in [1.82, 2.24) is 9.62 Å². The van der Waals surface area contributed by atoms with E-state index in [1.807, 2.05) is 6.92 Å². The number of sulfonamides is 1. The number of nitrogens with one attached hydrogen (secondary N) is 1. The van der Waals surface area contributed by atoms with Crippen LogP contribution >= 0.6 is 0 Å². The highest BCUT2D eigenvalue weighted by molar-refractivity contribution is 7.89. The molecule has 0 unspecified atom stereocenters. The standard InChI is InChI=1S/C14H20N2O4S/c1-3-20-13-6-5-12(9-11(13)2)21(18,19)16-8-4-7-15-14(17)10-16/h5-6,9H,3-4,7-8,10H2,1-2H3,(H,15,17). The van der Waals surface area contributed by atoms with Crippen LogP contribution in [0.1, 0.15) is 18.9 Å². The van der Waals surface area contributed by atoms with Crippen molar-refractivity contribution in [1.29, 1.82) is 0 Å². The van der Waals surface area contributed by atoms with Crippen molar-refractivity contribution in [2.75, 3.05) is 26.2 Å². The van der Waals surface area contributed by atoms with Gasteiger partial charge in [-0.25, -0.2) is 8.42 Å². The second-order valence-corrected chi connectivity index (χ2v) is 6.84. The Hall–Kier alpha value is -1.60. The molecule has 0 atom stereocenters. The molecule has 1 fully saturated rings. The zero-order valence-corrected chi connectivity index (χ0v) is 13.1. The topological polar surface area (TPSA) is 75.7 Å². The fraction of sp³-hybridized carbons (Fsp3) is 0.500. The van der Waals surface area contributed by atoms with Gasteiger partial charge in [0.2, 0.25) is 15.9 Å². The number of amides is 1. The Labute approximate surface area is 125 Å². The van der Waals surface area contributed by atoms with E-state index in [0.717, 1.165) is 5.56 Å². The minimum atomic E-state index is -3.66. The van der Waals surface area contributed by atoms with Gasteiger partial charge in [-0.2, -0.15) is 4.31 Å². The number of ether oxygens (including phenoxy) is 1. The fourth-order valence-electron chi connectivity index (χ4n) is 2.23. The molecule has 6 nitrogen and oxygen atoms in total. The first-order valence-electron chi connectivity index (χ1n) is 6.95. The highest BCUT2D eigenvalue weighted by Crippen LogP contribution is 2.24. The number of nitrogens with zero attached hydrogens (tertiary/aromatic N) is 1. The van der Waals surface area contributed by atoms with Crippen LogP contribution < -0.4 is 10.1 Å².